The van der Waals surface area contributed by atoms with E-state index in [-0.39, 0.29) is 42.7 Å². The Labute approximate surface area is 426 Å². The first-order chi connectivity index (χ1) is 32.0. The summed E-state index contributed by atoms with van der Waals surface area (Å²) in [5, 5.41) is 2.28. The molecule has 5 nitrogen and oxygen atoms in total. The van der Waals surface area contributed by atoms with Gasteiger partial charge in [0.25, 0.3) is 0 Å². The summed E-state index contributed by atoms with van der Waals surface area (Å²) < 4.78 is 9.31. The number of aromatic nitrogens is 2. The van der Waals surface area contributed by atoms with E-state index in [2.05, 4.69) is 264 Å². The van der Waals surface area contributed by atoms with Crippen LogP contribution in [-0.2, 0) is 37.3 Å². The number of benzene rings is 6. The number of para-hydroxylation sites is 1. The van der Waals surface area contributed by atoms with E-state index in [1.54, 1.807) is 0 Å². The molecule has 1 aliphatic rings. The number of anilines is 2. The second kappa shape index (κ2) is 18.1. The van der Waals surface area contributed by atoms with Crippen molar-refractivity contribution in [2.45, 2.75) is 113 Å². The molecule has 0 saturated carbocycles. The van der Waals surface area contributed by atoms with E-state index in [1.807, 2.05) is 12.3 Å². The summed E-state index contributed by atoms with van der Waals surface area (Å²) >= 11 is 0. The van der Waals surface area contributed by atoms with E-state index in [4.69, 9.17) is 9.72 Å². The molecule has 6 aromatic carbocycles. The van der Waals surface area contributed by atoms with Crippen LogP contribution in [0.25, 0.3) is 38.8 Å². The van der Waals surface area contributed by atoms with Gasteiger partial charge in [0.15, 0.2) is 0 Å². The van der Waals surface area contributed by atoms with Crippen molar-refractivity contribution in [3.8, 4) is 28.4 Å². The predicted octanol–water partition coefficient (Wildman–Crippen LogP) is 16.9. The van der Waals surface area contributed by atoms with Crippen molar-refractivity contribution < 1.29 is 25.8 Å². The second-order valence-electron chi connectivity index (χ2n) is 23.2. The van der Waals surface area contributed by atoms with Gasteiger partial charge in [-0.15, -0.1) is 48.3 Å². The minimum atomic E-state index is -0.400. The van der Waals surface area contributed by atoms with Gasteiger partial charge in [0, 0.05) is 72.2 Å². The van der Waals surface area contributed by atoms with Crippen LogP contribution in [0.1, 0.15) is 119 Å². The number of pyridine rings is 1. The molecule has 8 aromatic rings. The fourth-order valence-corrected chi connectivity index (χ4v) is 9.80. The molecule has 0 N–H and O–H groups in total. The van der Waals surface area contributed by atoms with Gasteiger partial charge in [0.1, 0.15) is 5.82 Å². The van der Waals surface area contributed by atoms with Gasteiger partial charge in [-0.3, -0.25) is 0 Å². The third kappa shape index (κ3) is 9.57. The van der Waals surface area contributed by atoms with Crippen molar-refractivity contribution in [2.75, 3.05) is 9.80 Å². The van der Waals surface area contributed by atoms with Crippen LogP contribution in [0.4, 0.5) is 11.4 Å². The van der Waals surface area contributed by atoms with Gasteiger partial charge < -0.3 is 19.1 Å². The minimum Gasteiger partial charge on any atom is -0.509 e. The SMILES string of the molecule is CC(C)(C)C1=C(C(C)(C)C)N(c2cc(-c3ccccc3)cc(C(C)(C)C)c2)[CH-]N1c1[c-]c(Oc2[c-]c3c(c(C(C)(C)c4ccccc4)c2)c2ccccc2n3-c2cc(C(C)(C)C)ccn2)ccc1.[Pt]. The Hall–Kier alpha value is -5.90. The Balaban J connectivity index is 0.00000642. The first kappa shape index (κ1) is 49.5. The largest absolute Gasteiger partial charge is 0.509 e. The molecule has 358 valence electrons. The average Bonchev–Trinajstić information content (AvgIpc) is 3.87. The topological polar surface area (TPSA) is 33.5 Å². The van der Waals surface area contributed by atoms with E-state index in [1.165, 1.54) is 39.2 Å². The molecule has 3 heterocycles. The van der Waals surface area contributed by atoms with Gasteiger partial charge in [-0.05, 0) is 79.8 Å². The fraction of sp³-hybridized carbons (Fsp3) is 0.302. The molecule has 0 radical (unpaired) electrons. The molecule has 1 aliphatic heterocycles. The molecule has 6 heteroatoms. The standard InChI is InChI=1S/C63H67N4O.Pt/c1-59(2,3)45-32-33-64-55(37-45)67-53-31-22-21-30-51(53)56-52(63(13,14)44-26-19-16-20-27-44)39-50(40-54(56)67)68-49-29-23-28-47(38-49)65-41-66(58(62(10,11)12)57(65)61(7,8)9)48-35-43(42-24-17-15-18-25-42)34-46(36-48)60(4,5)6;/h15-37,39,41H,1-14H3;/q-3;. The molecule has 0 saturated heterocycles. The van der Waals surface area contributed by atoms with Crippen LogP contribution < -0.4 is 14.5 Å². The van der Waals surface area contributed by atoms with Crippen LogP contribution >= 0.6 is 0 Å². The summed E-state index contributed by atoms with van der Waals surface area (Å²) in [6.07, 6.45) is 1.93. The Morgan fingerprint density at radius 3 is 1.78 bits per heavy atom. The molecule has 0 spiro atoms. The van der Waals surface area contributed by atoms with Crippen LogP contribution in [0.15, 0.2) is 157 Å². The number of hydrogen-bond donors (Lipinski definition) is 0. The Morgan fingerprint density at radius 1 is 0.507 bits per heavy atom. The smallest absolute Gasteiger partial charge is 0.135 e. The number of nitrogens with zero attached hydrogens (tertiary/aromatic N) is 4. The molecule has 0 unspecified atom stereocenters. The maximum Gasteiger partial charge on any atom is 0.135 e. The monoisotopic (exact) mass is 1090 g/mol. The average molecular weight is 1090 g/mol. The quantitative estimate of drug-likeness (QED) is 0.142. The van der Waals surface area contributed by atoms with E-state index in [0.717, 1.165) is 44.6 Å². The number of hydrogen-bond acceptors (Lipinski definition) is 4. The van der Waals surface area contributed by atoms with Crippen LogP contribution in [0, 0.1) is 29.6 Å². The summed E-state index contributed by atoms with van der Waals surface area (Å²) in [5.41, 5.74) is 12.8. The first-order valence-corrected chi connectivity index (χ1v) is 24.1. The normalized spacial score (nSPS) is 13.9. The van der Waals surface area contributed by atoms with Gasteiger partial charge in [0.05, 0.1) is 0 Å². The fourth-order valence-electron chi connectivity index (χ4n) is 9.80. The zero-order valence-corrected chi connectivity index (χ0v) is 45.2. The number of rotatable bonds is 8. The van der Waals surface area contributed by atoms with Crippen molar-refractivity contribution in [2.24, 2.45) is 10.8 Å². The molecule has 69 heavy (non-hydrogen) atoms. The summed E-state index contributed by atoms with van der Waals surface area (Å²) in [7, 11) is 0. The molecule has 9 rings (SSSR count). The maximum absolute atomic E-state index is 7.05. The van der Waals surface area contributed by atoms with Gasteiger partial charge in [-0.1, -0.05) is 193 Å². The number of allylic oxidation sites excluding steroid dienone is 2. The van der Waals surface area contributed by atoms with Gasteiger partial charge in [-0.25, -0.2) is 4.98 Å². The van der Waals surface area contributed by atoms with E-state index >= 15 is 0 Å². The molecular formula is C63H67N4OPt-3. The summed E-state index contributed by atoms with van der Waals surface area (Å²) in [5.74, 6) is 2.07. The third-order valence-electron chi connectivity index (χ3n) is 13.4. The Kier molecular flexibility index (Phi) is 13.0. The Bertz CT molecular complexity index is 3190. The minimum absolute atomic E-state index is 0. The summed E-state index contributed by atoms with van der Waals surface area (Å²) in [4.78, 5) is 9.77. The van der Waals surface area contributed by atoms with Gasteiger partial charge in [-0.2, -0.15) is 6.07 Å². The number of fused-ring (bicyclic) bond motifs is 3. The van der Waals surface area contributed by atoms with Crippen molar-refractivity contribution in [1.29, 1.82) is 0 Å². The zero-order chi connectivity index (χ0) is 48.6. The molecular weight excluding hydrogens is 1020 g/mol. The van der Waals surface area contributed by atoms with Crippen LogP contribution in [0.5, 0.6) is 11.5 Å². The summed E-state index contributed by atoms with van der Waals surface area (Å²) in [6.45, 7) is 34.4. The van der Waals surface area contributed by atoms with Crippen LogP contribution in [-0.4, -0.2) is 9.55 Å². The predicted molar refractivity (Wildman–Crippen MR) is 286 cm³/mol. The first-order valence-electron chi connectivity index (χ1n) is 24.1. The van der Waals surface area contributed by atoms with Crippen molar-refractivity contribution in [3.63, 3.8) is 0 Å². The van der Waals surface area contributed by atoms with E-state index in [0.29, 0.717) is 11.5 Å². The van der Waals surface area contributed by atoms with Crippen molar-refractivity contribution in [1.82, 2.24) is 9.55 Å². The van der Waals surface area contributed by atoms with Crippen molar-refractivity contribution in [3.05, 3.63) is 198 Å². The number of ether oxygens (including phenoxy) is 1. The molecule has 0 aliphatic carbocycles. The van der Waals surface area contributed by atoms with Gasteiger partial charge in [0.2, 0.25) is 0 Å². The van der Waals surface area contributed by atoms with Gasteiger partial charge >= 0.3 is 0 Å². The van der Waals surface area contributed by atoms with Crippen LogP contribution in [0.3, 0.4) is 0 Å². The van der Waals surface area contributed by atoms with Crippen LogP contribution in [0.2, 0.25) is 0 Å². The summed E-state index contributed by atoms with van der Waals surface area (Å²) in [6, 6.07) is 57.5. The maximum atomic E-state index is 7.05. The molecule has 0 bridgehead atoms. The molecule has 0 amide bonds. The molecule has 0 fully saturated rings. The van der Waals surface area contributed by atoms with E-state index in [9.17, 15) is 0 Å². The Morgan fingerprint density at radius 2 is 1.13 bits per heavy atom. The molecule has 0 atom stereocenters. The van der Waals surface area contributed by atoms with E-state index < -0.39 is 5.41 Å². The van der Waals surface area contributed by atoms with Crippen molar-refractivity contribution >= 4 is 33.2 Å². The third-order valence-corrected chi connectivity index (χ3v) is 13.4. The second-order valence-corrected chi connectivity index (χ2v) is 23.2. The molecule has 2 aromatic heterocycles. The zero-order valence-electron chi connectivity index (χ0n) is 42.9.